The van der Waals surface area contributed by atoms with Crippen molar-refractivity contribution < 1.29 is 19.1 Å². The quantitative estimate of drug-likeness (QED) is 0.455. The maximum atomic E-state index is 12.5. The Hall–Kier alpha value is -1.84. The lowest BCUT2D eigenvalue weighted by molar-refractivity contribution is 0.0451. The monoisotopic (exact) mass is 334 g/mol. The Kier molecular flexibility index (Phi) is 9.13. The number of unbranched alkanes of at least 4 members (excludes halogenated alkanes) is 2. The van der Waals surface area contributed by atoms with Crippen molar-refractivity contribution in [1.29, 1.82) is 0 Å². The van der Waals surface area contributed by atoms with Crippen LogP contribution < -0.4 is 0 Å². The van der Waals surface area contributed by atoms with Crippen LogP contribution in [0.1, 0.15) is 79.7 Å². The van der Waals surface area contributed by atoms with Crippen molar-refractivity contribution in [3.63, 3.8) is 0 Å². The van der Waals surface area contributed by atoms with E-state index in [9.17, 15) is 9.59 Å². The second kappa shape index (κ2) is 10.8. The number of esters is 2. The van der Waals surface area contributed by atoms with Crippen LogP contribution in [-0.2, 0) is 15.9 Å². The lowest BCUT2D eigenvalue weighted by Crippen LogP contribution is -2.18. The molecule has 0 spiro atoms. The summed E-state index contributed by atoms with van der Waals surface area (Å²) < 4.78 is 10.7. The predicted molar refractivity (Wildman–Crippen MR) is 95.4 cm³/mol. The van der Waals surface area contributed by atoms with Crippen LogP contribution in [0.5, 0.6) is 0 Å². The van der Waals surface area contributed by atoms with Gasteiger partial charge in [0.1, 0.15) is 0 Å². The van der Waals surface area contributed by atoms with Crippen LogP contribution in [0.3, 0.4) is 0 Å². The second-order valence-corrected chi connectivity index (χ2v) is 6.42. The van der Waals surface area contributed by atoms with Gasteiger partial charge in [0.15, 0.2) is 0 Å². The number of ether oxygens (including phenoxy) is 2. The minimum Gasteiger partial charge on any atom is -0.462 e. The zero-order chi connectivity index (χ0) is 17.9. The molecule has 0 aromatic heterocycles. The molecular formula is C20H30O4. The lowest BCUT2D eigenvalue weighted by Gasteiger charge is -2.15. The first-order chi connectivity index (χ1) is 11.5. The van der Waals surface area contributed by atoms with E-state index in [-0.39, 0.29) is 0 Å². The molecule has 4 nitrogen and oxygen atoms in total. The highest BCUT2D eigenvalue weighted by atomic mass is 16.5. The van der Waals surface area contributed by atoms with Gasteiger partial charge in [0.05, 0.1) is 24.3 Å². The van der Waals surface area contributed by atoms with E-state index < -0.39 is 11.9 Å². The standard InChI is InChI=1S/C20H30O4/c1-5-7-12-23-19(21)17-11-9-10-16(14-15(3)4)18(17)20(22)24-13-8-6-2/h9-11,15H,5-8,12-14H2,1-4H3. The number of benzene rings is 1. The zero-order valence-electron chi connectivity index (χ0n) is 15.4. The maximum Gasteiger partial charge on any atom is 0.339 e. The SMILES string of the molecule is CCCCOC(=O)c1cccc(CC(C)C)c1C(=O)OCCCC. The predicted octanol–water partition coefficient (Wildman–Crippen LogP) is 4.80. The minimum atomic E-state index is -0.448. The van der Waals surface area contributed by atoms with Crippen LogP contribution in [0.2, 0.25) is 0 Å². The van der Waals surface area contributed by atoms with Gasteiger partial charge in [-0.25, -0.2) is 9.59 Å². The van der Waals surface area contributed by atoms with Gasteiger partial charge in [-0.1, -0.05) is 52.7 Å². The van der Waals surface area contributed by atoms with Gasteiger partial charge in [-0.05, 0) is 36.8 Å². The van der Waals surface area contributed by atoms with E-state index in [0.29, 0.717) is 36.7 Å². The first-order valence-corrected chi connectivity index (χ1v) is 8.97. The molecule has 0 bridgehead atoms. The molecule has 1 aromatic carbocycles. The fourth-order valence-electron chi connectivity index (χ4n) is 2.39. The first kappa shape index (κ1) is 20.2. The largest absolute Gasteiger partial charge is 0.462 e. The molecule has 0 aliphatic rings. The van der Waals surface area contributed by atoms with Crippen LogP contribution >= 0.6 is 0 Å². The molecule has 0 aliphatic heterocycles. The van der Waals surface area contributed by atoms with Gasteiger partial charge in [-0.15, -0.1) is 0 Å². The van der Waals surface area contributed by atoms with Gasteiger partial charge in [0, 0.05) is 0 Å². The van der Waals surface area contributed by atoms with Gasteiger partial charge >= 0.3 is 11.9 Å². The van der Waals surface area contributed by atoms with E-state index in [1.165, 1.54) is 0 Å². The first-order valence-electron chi connectivity index (χ1n) is 8.97. The Labute approximate surface area is 145 Å². The molecule has 4 heteroatoms. The molecule has 1 aromatic rings. The molecule has 0 aliphatic carbocycles. The highest BCUT2D eigenvalue weighted by Gasteiger charge is 2.23. The summed E-state index contributed by atoms with van der Waals surface area (Å²) in [5, 5.41) is 0. The molecule has 0 atom stereocenters. The van der Waals surface area contributed by atoms with Crippen molar-refractivity contribution in [1.82, 2.24) is 0 Å². The molecule has 0 unspecified atom stereocenters. The van der Waals surface area contributed by atoms with Gasteiger partial charge in [0.2, 0.25) is 0 Å². The van der Waals surface area contributed by atoms with Crippen molar-refractivity contribution >= 4 is 11.9 Å². The topological polar surface area (TPSA) is 52.6 Å². The van der Waals surface area contributed by atoms with Gasteiger partial charge < -0.3 is 9.47 Å². The number of carbonyl (C=O) groups is 2. The van der Waals surface area contributed by atoms with Gasteiger partial charge in [-0.2, -0.15) is 0 Å². The van der Waals surface area contributed by atoms with Crippen molar-refractivity contribution in [3.8, 4) is 0 Å². The van der Waals surface area contributed by atoms with Crippen molar-refractivity contribution in [2.24, 2.45) is 5.92 Å². The number of rotatable bonds is 10. The zero-order valence-corrected chi connectivity index (χ0v) is 15.4. The third-order valence-electron chi connectivity index (χ3n) is 3.67. The average molecular weight is 334 g/mol. The Bertz CT molecular complexity index is 534. The second-order valence-electron chi connectivity index (χ2n) is 6.42. The van der Waals surface area contributed by atoms with Crippen LogP contribution in [0.15, 0.2) is 18.2 Å². The van der Waals surface area contributed by atoms with Crippen LogP contribution in [0, 0.1) is 5.92 Å². The van der Waals surface area contributed by atoms with E-state index in [1.807, 2.05) is 19.9 Å². The van der Waals surface area contributed by atoms with Crippen molar-refractivity contribution in [2.75, 3.05) is 13.2 Å². The normalized spacial score (nSPS) is 10.7. The van der Waals surface area contributed by atoms with E-state index in [2.05, 4.69) is 13.8 Å². The fraction of sp³-hybridized carbons (Fsp3) is 0.600. The smallest absolute Gasteiger partial charge is 0.339 e. The highest BCUT2D eigenvalue weighted by molar-refractivity contribution is 6.04. The molecule has 0 saturated carbocycles. The molecule has 0 N–H and O–H groups in total. The number of hydrogen-bond donors (Lipinski definition) is 0. The molecular weight excluding hydrogens is 304 g/mol. The summed E-state index contributed by atoms with van der Waals surface area (Å²) >= 11 is 0. The summed E-state index contributed by atoms with van der Waals surface area (Å²) in [4.78, 5) is 24.9. The highest BCUT2D eigenvalue weighted by Crippen LogP contribution is 2.21. The number of carbonyl (C=O) groups excluding carboxylic acids is 2. The Morgan fingerprint density at radius 1 is 0.958 bits per heavy atom. The summed E-state index contributed by atoms with van der Waals surface area (Å²) in [6, 6.07) is 5.34. The molecule has 24 heavy (non-hydrogen) atoms. The van der Waals surface area contributed by atoms with Crippen molar-refractivity contribution in [2.45, 2.75) is 59.8 Å². The lowest BCUT2D eigenvalue weighted by atomic mass is 9.94. The maximum absolute atomic E-state index is 12.5. The molecule has 0 heterocycles. The summed E-state index contributed by atoms with van der Waals surface area (Å²) in [6.45, 7) is 8.98. The summed E-state index contributed by atoms with van der Waals surface area (Å²) in [5.74, 6) is -0.503. The van der Waals surface area contributed by atoms with Gasteiger partial charge in [-0.3, -0.25) is 0 Å². The number of hydrogen-bond acceptors (Lipinski definition) is 4. The fourth-order valence-corrected chi connectivity index (χ4v) is 2.39. The molecule has 0 saturated heterocycles. The van der Waals surface area contributed by atoms with Gasteiger partial charge in [0.25, 0.3) is 0 Å². The molecule has 0 amide bonds. The van der Waals surface area contributed by atoms with E-state index >= 15 is 0 Å². The third kappa shape index (κ3) is 6.34. The van der Waals surface area contributed by atoms with Crippen molar-refractivity contribution in [3.05, 3.63) is 34.9 Å². The molecule has 1 rings (SSSR count). The Morgan fingerprint density at radius 2 is 1.54 bits per heavy atom. The molecule has 0 fully saturated rings. The Balaban J connectivity index is 3.07. The van der Waals surface area contributed by atoms with E-state index in [0.717, 1.165) is 31.2 Å². The summed E-state index contributed by atoms with van der Waals surface area (Å²) in [6.07, 6.45) is 4.25. The van der Waals surface area contributed by atoms with E-state index in [4.69, 9.17) is 9.47 Å². The van der Waals surface area contributed by atoms with Crippen LogP contribution in [0.4, 0.5) is 0 Å². The molecule has 0 radical (unpaired) electrons. The summed E-state index contributed by atoms with van der Waals surface area (Å²) in [7, 11) is 0. The average Bonchev–Trinajstić information content (AvgIpc) is 2.54. The van der Waals surface area contributed by atoms with Crippen LogP contribution in [-0.4, -0.2) is 25.2 Å². The third-order valence-corrected chi connectivity index (χ3v) is 3.67. The van der Waals surface area contributed by atoms with E-state index in [1.54, 1.807) is 12.1 Å². The van der Waals surface area contributed by atoms with Crippen LogP contribution in [0.25, 0.3) is 0 Å². The minimum absolute atomic E-state index is 0.311. The summed E-state index contributed by atoms with van der Waals surface area (Å²) in [5.41, 5.74) is 1.52. The Morgan fingerprint density at radius 3 is 2.08 bits per heavy atom. The molecule has 134 valence electrons.